The van der Waals surface area contributed by atoms with Gasteiger partial charge in [-0.05, 0) is 49.7 Å². The number of hydrogen-bond acceptors (Lipinski definition) is 2. The molecule has 0 saturated heterocycles. The zero-order valence-corrected chi connectivity index (χ0v) is 20.7. The van der Waals surface area contributed by atoms with Crippen LogP contribution in [-0.4, -0.2) is 18.4 Å². The summed E-state index contributed by atoms with van der Waals surface area (Å²) in [5.74, 6) is 0.00649. The molecule has 0 aliphatic carbocycles. The molecule has 0 saturated carbocycles. The number of rotatable bonds is 16. The minimum Gasteiger partial charge on any atom is -0.326 e. The molecule has 2 amide bonds. The molecule has 2 aromatic carbocycles. The van der Waals surface area contributed by atoms with E-state index in [1.54, 1.807) is 17.0 Å². The fourth-order valence-corrected chi connectivity index (χ4v) is 4.08. The summed E-state index contributed by atoms with van der Waals surface area (Å²) in [6.45, 7) is 4.82. The van der Waals surface area contributed by atoms with Gasteiger partial charge < -0.3 is 10.2 Å². The molecule has 0 fully saturated rings. The molecule has 0 atom stereocenters. The lowest BCUT2D eigenvalue weighted by Crippen LogP contribution is -2.30. The number of carbonyl (C=O) groups excluding carboxylic acids is 2. The summed E-state index contributed by atoms with van der Waals surface area (Å²) in [4.78, 5) is 26.9. The van der Waals surface area contributed by atoms with Crippen molar-refractivity contribution in [3.05, 3.63) is 60.2 Å². The molecule has 0 aliphatic heterocycles. The first-order valence-electron chi connectivity index (χ1n) is 12.9. The monoisotopic (exact) mass is 450 g/mol. The molecular formula is C29H42N2O2. The lowest BCUT2D eigenvalue weighted by Gasteiger charge is -2.21. The summed E-state index contributed by atoms with van der Waals surface area (Å²) in [6, 6.07) is 16.9. The van der Waals surface area contributed by atoms with Gasteiger partial charge in [-0.15, -0.1) is 0 Å². The quantitative estimate of drug-likeness (QED) is 0.263. The molecule has 4 heteroatoms. The number of carbonyl (C=O) groups is 2. The van der Waals surface area contributed by atoms with Crippen LogP contribution in [0.1, 0.15) is 101 Å². The van der Waals surface area contributed by atoms with Crippen molar-refractivity contribution >= 4 is 23.2 Å². The zero-order chi connectivity index (χ0) is 23.7. The molecule has 0 spiro atoms. The molecule has 1 N–H and O–H groups in total. The van der Waals surface area contributed by atoms with Crippen LogP contribution in [0, 0.1) is 0 Å². The number of nitrogens with one attached hydrogen (secondary N) is 1. The van der Waals surface area contributed by atoms with Crippen molar-refractivity contribution in [3.63, 3.8) is 0 Å². The van der Waals surface area contributed by atoms with Crippen LogP contribution in [0.25, 0.3) is 0 Å². The Kier molecular flexibility index (Phi) is 13.0. The first kappa shape index (κ1) is 26.6. The third-order valence-corrected chi connectivity index (χ3v) is 6.05. The van der Waals surface area contributed by atoms with Gasteiger partial charge >= 0.3 is 0 Å². The third kappa shape index (κ3) is 10.2. The summed E-state index contributed by atoms with van der Waals surface area (Å²) in [7, 11) is 0. The number of para-hydroxylation sites is 1. The highest BCUT2D eigenvalue weighted by Crippen LogP contribution is 2.18. The molecule has 2 rings (SSSR count). The minimum absolute atomic E-state index is 0.0393. The molecule has 0 heterocycles. The maximum absolute atomic E-state index is 12.9. The molecular weight excluding hydrogens is 408 g/mol. The number of nitrogens with zero attached hydrogens (tertiary/aromatic N) is 1. The van der Waals surface area contributed by atoms with E-state index in [1.165, 1.54) is 57.8 Å². The minimum atomic E-state index is -0.0393. The van der Waals surface area contributed by atoms with E-state index in [-0.39, 0.29) is 11.8 Å². The van der Waals surface area contributed by atoms with Gasteiger partial charge in [-0.2, -0.15) is 0 Å². The summed E-state index contributed by atoms with van der Waals surface area (Å²) in [6.07, 6.45) is 14.6. The van der Waals surface area contributed by atoms with Crippen molar-refractivity contribution in [1.29, 1.82) is 0 Å². The molecule has 0 aromatic heterocycles. The largest absolute Gasteiger partial charge is 0.326 e. The molecule has 0 bridgehead atoms. The number of unbranched alkanes of at least 4 members (excludes halogenated alkanes) is 10. The van der Waals surface area contributed by atoms with Gasteiger partial charge in [0.05, 0.1) is 0 Å². The lowest BCUT2D eigenvalue weighted by atomic mass is 10.1. The van der Waals surface area contributed by atoms with E-state index in [1.807, 2.05) is 49.4 Å². The summed E-state index contributed by atoms with van der Waals surface area (Å²) >= 11 is 0. The van der Waals surface area contributed by atoms with Gasteiger partial charge in [0, 0.05) is 29.9 Å². The van der Waals surface area contributed by atoms with Gasteiger partial charge in [-0.1, -0.05) is 89.3 Å². The fraction of sp³-hybridized carbons (Fsp3) is 0.517. The van der Waals surface area contributed by atoms with Gasteiger partial charge in [0.15, 0.2) is 0 Å². The maximum atomic E-state index is 12.9. The van der Waals surface area contributed by atoms with Crippen LogP contribution >= 0.6 is 0 Å². The van der Waals surface area contributed by atoms with Gasteiger partial charge in [0.2, 0.25) is 5.91 Å². The van der Waals surface area contributed by atoms with Crippen LogP contribution < -0.4 is 10.2 Å². The number of amides is 2. The molecule has 180 valence electrons. The first-order valence-corrected chi connectivity index (χ1v) is 12.9. The van der Waals surface area contributed by atoms with E-state index in [0.717, 1.165) is 24.2 Å². The van der Waals surface area contributed by atoms with Crippen molar-refractivity contribution in [2.45, 2.75) is 90.9 Å². The van der Waals surface area contributed by atoms with Crippen molar-refractivity contribution in [2.75, 3.05) is 16.8 Å². The Morgan fingerprint density at radius 2 is 1.24 bits per heavy atom. The predicted molar refractivity (Wildman–Crippen MR) is 140 cm³/mol. The molecule has 2 aromatic rings. The van der Waals surface area contributed by atoms with Crippen molar-refractivity contribution < 1.29 is 9.59 Å². The van der Waals surface area contributed by atoms with Crippen LogP contribution in [0.2, 0.25) is 0 Å². The van der Waals surface area contributed by atoms with E-state index in [4.69, 9.17) is 0 Å². The Morgan fingerprint density at radius 3 is 1.79 bits per heavy atom. The number of hydrogen-bond donors (Lipinski definition) is 1. The smallest absolute Gasteiger partial charge is 0.258 e. The zero-order valence-electron chi connectivity index (χ0n) is 20.7. The van der Waals surface area contributed by atoms with Crippen molar-refractivity contribution in [2.24, 2.45) is 0 Å². The third-order valence-electron chi connectivity index (χ3n) is 6.05. The van der Waals surface area contributed by atoms with Crippen molar-refractivity contribution in [1.82, 2.24) is 0 Å². The van der Waals surface area contributed by atoms with E-state index in [2.05, 4.69) is 12.2 Å². The highest BCUT2D eigenvalue weighted by molar-refractivity contribution is 6.06. The Hall–Kier alpha value is -2.62. The Bertz CT molecular complexity index is 802. The summed E-state index contributed by atoms with van der Waals surface area (Å²) < 4.78 is 0. The fourth-order valence-electron chi connectivity index (χ4n) is 4.08. The average Bonchev–Trinajstić information content (AvgIpc) is 2.84. The topological polar surface area (TPSA) is 49.4 Å². The van der Waals surface area contributed by atoms with Crippen LogP contribution in [0.15, 0.2) is 54.6 Å². The Balaban J connectivity index is 1.64. The van der Waals surface area contributed by atoms with E-state index in [0.29, 0.717) is 18.5 Å². The molecule has 33 heavy (non-hydrogen) atoms. The van der Waals surface area contributed by atoms with Gasteiger partial charge in [0.25, 0.3) is 5.91 Å². The standard InChI is InChI=1S/C29H42N2O2/c1-3-5-6-7-8-9-10-11-12-13-17-20-28(32)30-26-23-21-25(22-24-26)29(33)31(4-2)27-18-15-14-16-19-27/h14-16,18-19,21-24H,3-13,17,20H2,1-2H3,(H,30,32). The highest BCUT2D eigenvalue weighted by atomic mass is 16.2. The Labute approximate surface area is 200 Å². The van der Waals surface area contributed by atoms with Gasteiger partial charge in [-0.3, -0.25) is 9.59 Å². The molecule has 0 unspecified atom stereocenters. The van der Waals surface area contributed by atoms with Crippen LogP contribution in [0.5, 0.6) is 0 Å². The second kappa shape index (κ2) is 16.1. The van der Waals surface area contributed by atoms with E-state index < -0.39 is 0 Å². The summed E-state index contributed by atoms with van der Waals surface area (Å²) in [5, 5.41) is 2.95. The molecule has 4 nitrogen and oxygen atoms in total. The normalized spacial score (nSPS) is 10.7. The number of anilines is 2. The lowest BCUT2D eigenvalue weighted by molar-refractivity contribution is -0.116. The van der Waals surface area contributed by atoms with Crippen LogP contribution in [0.3, 0.4) is 0 Å². The average molecular weight is 451 g/mol. The first-order chi connectivity index (χ1) is 16.2. The maximum Gasteiger partial charge on any atom is 0.258 e. The summed E-state index contributed by atoms with van der Waals surface area (Å²) in [5.41, 5.74) is 2.24. The van der Waals surface area contributed by atoms with Crippen molar-refractivity contribution in [3.8, 4) is 0 Å². The van der Waals surface area contributed by atoms with Gasteiger partial charge in [0.1, 0.15) is 0 Å². The number of benzene rings is 2. The van der Waals surface area contributed by atoms with Gasteiger partial charge in [-0.25, -0.2) is 0 Å². The van der Waals surface area contributed by atoms with Crippen LogP contribution in [-0.2, 0) is 4.79 Å². The van der Waals surface area contributed by atoms with E-state index >= 15 is 0 Å². The van der Waals surface area contributed by atoms with E-state index in [9.17, 15) is 9.59 Å². The molecule has 0 aliphatic rings. The highest BCUT2D eigenvalue weighted by Gasteiger charge is 2.15. The van der Waals surface area contributed by atoms with Crippen LogP contribution in [0.4, 0.5) is 11.4 Å². The molecule has 0 radical (unpaired) electrons. The predicted octanol–water partition coefficient (Wildman–Crippen LogP) is 7.99. The second-order valence-corrected chi connectivity index (χ2v) is 8.80. The SMILES string of the molecule is CCCCCCCCCCCCCC(=O)Nc1ccc(C(=O)N(CC)c2ccccc2)cc1. The Morgan fingerprint density at radius 1 is 0.697 bits per heavy atom. The second-order valence-electron chi connectivity index (χ2n) is 8.80.